The predicted molar refractivity (Wildman–Crippen MR) is 72.4 cm³/mol. The van der Waals surface area contributed by atoms with Crippen LogP contribution in [0.2, 0.25) is 5.02 Å². The normalized spacial score (nSPS) is 10.2. The molecule has 5 nitrogen and oxygen atoms in total. The number of halogens is 1. The lowest BCUT2D eigenvalue weighted by atomic mass is 10.1. The molecule has 0 saturated heterocycles. The van der Waals surface area contributed by atoms with Crippen LogP contribution in [-0.4, -0.2) is 26.5 Å². The quantitative estimate of drug-likeness (QED) is 0.640. The first-order valence-corrected chi connectivity index (χ1v) is 5.99. The largest absolute Gasteiger partial charge is 0.495 e. The van der Waals surface area contributed by atoms with Crippen LogP contribution in [-0.2, 0) is 4.74 Å². The third-order valence-corrected chi connectivity index (χ3v) is 3.08. The smallest absolute Gasteiger partial charge is 0.338 e. The van der Waals surface area contributed by atoms with Gasteiger partial charge in [0.05, 0.1) is 24.8 Å². The van der Waals surface area contributed by atoms with Crippen LogP contribution in [0.4, 0.5) is 0 Å². The average molecular weight is 295 g/mol. The number of hydrogen-bond donors (Lipinski definition) is 0. The van der Waals surface area contributed by atoms with Crippen LogP contribution in [0.15, 0.2) is 28.7 Å². The number of aldehydes is 1. The van der Waals surface area contributed by atoms with Gasteiger partial charge < -0.3 is 13.9 Å². The summed E-state index contributed by atoms with van der Waals surface area (Å²) < 4.78 is 15.1. The second-order valence-electron chi connectivity index (χ2n) is 3.85. The Morgan fingerprint density at radius 3 is 2.60 bits per heavy atom. The lowest BCUT2D eigenvalue weighted by molar-refractivity contribution is 0.0600. The molecule has 0 aliphatic carbocycles. The van der Waals surface area contributed by atoms with E-state index in [1.54, 1.807) is 6.07 Å². The lowest BCUT2D eigenvalue weighted by Gasteiger charge is -2.09. The Labute approximate surface area is 120 Å². The van der Waals surface area contributed by atoms with Crippen molar-refractivity contribution in [3.8, 4) is 17.1 Å². The minimum atomic E-state index is -0.525. The minimum absolute atomic E-state index is 0.165. The number of benzene rings is 1. The molecule has 0 N–H and O–H groups in total. The van der Waals surface area contributed by atoms with Crippen molar-refractivity contribution in [2.75, 3.05) is 14.2 Å². The highest BCUT2D eigenvalue weighted by atomic mass is 35.5. The van der Waals surface area contributed by atoms with E-state index in [4.69, 9.17) is 20.8 Å². The number of esters is 1. The van der Waals surface area contributed by atoms with Crippen molar-refractivity contribution in [1.29, 1.82) is 0 Å². The minimum Gasteiger partial charge on any atom is -0.495 e. The molecule has 0 spiro atoms. The molecule has 0 aliphatic heterocycles. The molecule has 104 valence electrons. The molecular formula is C14H11ClO5. The molecule has 1 aromatic heterocycles. The number of furan rings is 1. The Morgan fingerprint density at radius 1 is 1.30 bits per heavy atom. The van der Waals surface area contributed by atoms with Crippen LogP contribution in [0.1, 0.15) is 20.9 Å². The Bertz CT molecular complexity index is 660. The molecule has 0 bridgehead atoms. The summed E-state index contributed by atoms with van der Waals surface area (Å²) in [6.45, 7) is 0. The molecule has 0 atom stereocenters. The number of carbonyl (C=O) groups is 2. The fourth-order valence-corrected chi connectivity index (χ4v) is 2.00. The summed E-state index contributed by atoms with van der Waals surface area (Å²) in [5.41, 5.74) is 0.715. The molecule has 1 heterocycles. The van der Waals surface area contributed by atoms with Gasteiger partial charge in [-0.3, -0.25) is 4.79 Å². The Hall–Kier alpha value is -2.27. The van der Waals surface area contributed by atoms with E-state index in [1.165, 1.54) is 32.4 Å². The third-order valence-electron chi connectivity index (χ3n) is 2.69. The number of carbonyl (C=O) groups excluding carboxylic acids is 2. The Kier molecular flexibility index (Phi) is 4.10. The summed E-state index contributed by atoms with van der Waals surface area (Å²) in [6, 6.07) is 6.09. The fourth-order valence-electron chi connectivity index (χ4n) is 1.72. The molecule has 2 rings (SSSR count). The van der Waals surface area contributed by atoms with Gasteiger partial charge in [-0.05, 0) is 24.3 Å². The van der Waals surface area contributed by atoms with Crippen molar-refractivity contribution in [3.63, 3.8) is 0 Å². The summed E-state index contributed by atoms with van der Waals surface area (Å²) in [7, 11) is 2.71. The standard InChI is InChI=1S/C14H11ClO5/c1-18-12-6-8(14(17)19-2)5-10(13(12)15)11-4-3-9(7-16)20-11/h3-7H,1-2H3. The second-order valence-corrected chi connectivity index (χ2v) is 4.23. The van der Waals surface area contributed by atoms with E-state index < -0.39 is 5.97 Å². The van der Waals surface area contributed by atoms with Gasteiger partial charge >= 0.3 is 5.97 Å². The SMILES string of the molecule is COC(=O)c1cc(OC)c(Cl)c(-c2ccc(C=O)o2)c1. The first kappa shape index (κ1) is 14.1. The first-order chi connectivity index (χ1) is 9.60. The lowest BCUT2D eigenvalue weighted by Crippen LogP contribution is -2.02. The van der Waals surface area contributed by atoms with Crippen molar-refractivity contribution >= 4 is 23.9 Å². The van der Waals surface area contributed by atoms with Gasteiger partial charge in [-0.25, -0.2) is 4.79 Å². The molecule has 0 saturated carbocycles. The maximum atomic E-state index is 11.6. The van der Waals surface area contributed by atoms with Gasteiger partial charge in [0.15, 0.2) is 12.0 Å². The van der Waals surface area contributed by atoms with Crippen molar-refractivity contribution < 1.29 is 23.5 Å². The van der Waals surface area contributed by atoms with Gasteiger partial charge in [0.2, 0.25) is 0 Å². The van der Waals surface area contributed by atoms with Crippen LogP contribution in [0, 0.1) is 0 Å². The maximum absolute atomic E-state index is 11.6. The van der Waals surface area contributed by atoms with Gasteiger partial charge in [0, 0.05) is 5.56 Å². The molecule has 0 radical (unpaired) electrons. The molecule has 1 aromatic carbocycles. The van der Waals surface area contributed by atoms with Crippen molar-refractivity contribution in [1.82, 2.24) is 0 Å². The van der Waals surface area contributed by atoms with E-state index in [1.807, 2.05) is 0 Å². The zero-order valence-electron chi connectivity index (χ0n) is 10.8. The van der Waals surface area contributed by atoms with Crippen LogP contribution >= 0.6 is 11.6 Å². The van der Waals surface area contributed by atoms with Gasteiger partial charge in [-0.1, -0.05) is 11.6 Å². The Balaban J connectivity index is 2.61. The van der Waals surface area contributed by atoms with Crippen molar-refractivity contribution in [2.45, 2.75) is 0 Å². The van der Waals surface area contributed by atoms with Gasteiger partial charge in [-0.15, -0.1) is 0 Å². The molecule has 0 amide bonds. The zero-order chi connectivity index (χ0) is 14.7. The molecule has 0 aliphatic rings. The van der Waals surface area contributed by atoms with Crippen LogP contribution < -0.4 is 4.74 Å². The molecular weight excluding hydrogens is 284 g/mol. The highest BCUT2D eigenvalue weighted by molar-refractivity contribution is 6.35. The summed E-state index contributed by atoms with van der Waals surface area (Å²) in [6.07, 6.45) is 0.582. The molecule has 2 aromatic rings. The monoisotopic (exact) mass is 294 g/mol. The van der Waals surface area contributed by atoms with E-state index in [2.05, 4.69) is 4.74 Å². The van der Waals surface area contributed by atoms with Crippen LogP contribution in [0.5, 0.6) is 5.75 Å². The summed E-state index contributed by atoms with van der Waals surface area (Å²) in [4.78, 5) is 22.3. The van der Waals surface area contributed by atoms with E-state index in [0.717, 1.165) is 0 Å². The number of hydrogen-bond acceptors (Lipinski definition) is 5. The number of rotatable bonds is 4. The topological polar surface area (TPSA) is 65.7 Å². The van der Waals surface area contributed by atoms with Gasteiger partial charge in [0.25, 0.3) is 0 Å². The third kappa shape index (κ3) is 2.53. The highest BCUT2D eigenvalue weighted by Gasteiger charge is 2.18. The van der Waals surface area contributed by atoms with Gasteiger partial charge in [-0.2, -0.15) is 0 Å². The van der Waals surface area contributed by atoms with E-state index in [-0.39, 0.29) is 16.3 Å². The molecule has 6 heteroatoms. The summed E-state index contributed by atoms with van der Waals surface area (Å²) in [5.74, 6) is 0.316. The molecule has 0 unspecified atom stereocenters. The fraction of sp³-hybridized carbons (Fsp3) is 0.143. The van der Waals surface area contributed by atoms with Crippen molar-refractivity contribution in [2.24, 2.45) is 0 Å². The summed E-state index contributed by atoms with van der Waals surface area (Å²) in [5, 5.41) is 0.284. The van der Waals surface area contributed by atoms with Crippen molar-refractivity contribution in [3.05, 3.63) is 40.6 Å². The number of ether oxygens (including phenoxy) is 2. The van der Waals surface area contributed by atoms with E-state index in [0.29, 0.717) is 23.4 Å². The predicted octanol–water partition coefficient (Wildman–Crippen LogP) is 3.21. The second kappa shape index (κ2) is 5.79. The summed E-state index contributed by atoms with van der Waals surface area (Å²) >= 11 is 6.19. The molecule has 20 heavy (non-hydrogen) atoms. The van der Waals surface area contributed by atoms with Crippen LogP contribution in [0.3, 0.4) is 0 Å². The Morgan fingerprint density at radius 2 is 2.05 bits per heavy atom. The zero-order valence-corrected chi connectivity index (χ0v) is 11.6. The molecule has 0 fully saturated rings. The first-order valence-electron chi connectivity index (χ1n) is 5.62. The van der Waals surface area contributed by atoms with E-state index >= 15 is 0 Å². The maximum Gasteiger partial charge on any atom is 0.338 e. The van der Waals surface area contributed by atoms with Crippen LogP contribution in [0.25, 0.3) is 11.3 Å². The highest BCUT2D eigenvalue weighted by Crippen LogP contribution is 2.37. The van der Waals surface area contributed by atoms with Gasteiger partial charge in [0.1, 0.15) is 11.5 Å². The number of methoxy groups -OCH3 is 2. The van der Waals surface area contributed by atoms with E-state index in [9.17, 15) is 9.59 Å². The average Bonchev–Trinajstić information content (AvgIpc) is 2.95.